The Bertz CT molecular complexity index is 405. The fourth-order valence-corrected chi connectivity index (χ4v) is 1.42. The Hall–Kier alpha value is -2.04. The van der Waals surface area contributed by atoms with E-state index in [4.69, 9.17) is 4.74 Å². The maximum atomic E-state index is 11.5. The largest absolute Gasteiger partial charge is 0.516 e. The van der Waals surface area contributed by atoms with Gasteiger partial charge >= 0.3 is 12.1 Å². The molecule has 0 aromatic heterocycles. The lowest BCUT2D eigenvalue weighted by atomic mass is 10.3. The quantitative estimate of drug-likeness (QED) is 0.449. The van der Waals surface area contributed by atoms with E-state index in [1.165, 1.54) is 0 Å². The van der Waals surface area contributed by atoms with Crippen molar-refractivity contribution < 1.29 is 19.1 Å². The molecule has 0 fully saturated rings. The average molecular weight is 265 g/mol. The van der Waals surface area contributed by atoms with Gasteiger partial charge in [-0.15, -0.1) is 0 Å². The number of esters is 1. The van der Waals surface area contributed by atoms with Gasteiger partial charge < -0.3 is 14.4 Å². The number of ether oxygens (including phenoxy) is 2. The molecule has 0 bridgehead atoms. The maximum Gasteiger partial charge on any atom is 0.516 e. The molecule has 104 valence electrons. The van der Waals surface area contributed by atoms with Crippen LogP contribution in [0.2, 0.25) is 0 Å². The molecule has 0 heterocycles. The summed E-state index contributed by atoms with van der Waals surface area (Å²) in [5, 5.41) is 0. The van der Waals surface area contributed by atoms with Crippen LogP contribution >= 0.6 is 0 Å². The molecule has 0 radical (unpaired) electrons. The molecule has 0 N–H and O–H groups in total. The summed E-state index contributed by atoms with van der Waals surface area (Å²) in [4.78, 5) is 24.4. The van der Waals surface area contributed by atoms with E-state index in [2.05, 4.69) is 4.74 Å². The lowest BCUT2D eigenvalue weighted by Crippen LogP contribution is -2.28. The predicted molar refractivity (Wildman–Crippen MR) is 72.1 cm³/mol. The van der Waals surface area contributed by atoms with Crippen LogP contribution in [0.4, 0.5) is 10.5 Å². The predicted octanol–water partition coefficient (Wildman–Crippen LogP) is 2.60. The number of unbranched alkanes of at least 4 members (excludes halogenated alkanes) is 1. The molecule has 0 spiro atoms. The first-order valence-corrected chi connectivity index (χ1v) is 6.27. The molecule has 5 heteroatoms. The van der Waals surface area contributed by atoms with Gasteiger partial charge in [-0.1, -0.05) is 31.5 Å². The monoisotopic (exact) mass is 265 g/mol. The zero-order chi connectivity index (χ0) is 14.1. The fourth-order valence-electron chi connectivity index (χ4n) is 1.42. The minimum absolute atomic E-state index is 0.00705. The van der Waals surface area contributed by atoms with Gasteiger partial charge in [0.05, 0.1) is 6.61 Å². The highest BCUT2D eigenvalue weighted by Gasteiger charge is 2.14. The minimum atomic E-state index is -0.931. The van der Waals surface area contributed by atoms with Crippen molar-refractivity contribution in [2.45, 2.75) is 19.8 Å². The molecular formula is C14H19NO4. The third kappa shape index (κ3) is 5.90. The number of hydrogen-bond acceptors (Lipinski definition) is 5. The number of para-hydroxylation sites is 1. The van der Waals surface area contributed by atoms with E-state index in [-0.39, 0.29) is 13.2 Å². The SMILES string of the molecule is CCCCOC(=O)OC(=O)CN(C)c1ccccc1. The van der Waals surface area contributed by atoms with Gasteiger partial charge in [0, 0.05) is 12.7 Å². The summed E-state index contributed by atoms with van der Waals surface area (Å²) < 4.78 is 9.29. The van der Waals surface area contributed by atoms with Crippen LogP contribution in [0.1, 0.15) is 19.8 Å². The number of carbonyl (C=O) groups is 2. The summed E-state index contributed by atoms with van der Waals surface area (Å²) in [6.07, 6.45) is 0.741. The van der Waals surface area contributed by atoms with Crippen molar-refractivity contribution in [2.75, 3.05) is 25.1 Å². The van der Waals surface area contributed by atoms with Gasteiger partial charge in [0.25, 0.3) is 0 Å². The molecule has 0 saturated heterocycles. The van der Waals surface area contributed by atoms with Gasteiger partial charge in [0.15, 0.2) is 0 Å². The average Bonchev–Trinajstić information content (AvgIpc) is 2.39. The Balaban J connectivity index is 2.33. The number of nitrogens with zero attached hydrogens (tertiary/aromatic N) is 1. The second-order valence-electron chi connectivity index (χ2n) is 4.12. The van der Waals surface area contributed by atoms with E-state index in [1.54, 1.807) is 11.9 Å². The van der Waals surface area contributed by atoms with Gasteiger partial charge in [-0.05, 0) is 18.6 Å². The Morgan fingerprint density at radius 2 is 1.89 bits per heavy atom. The van der Waals surface area contributed by atoms with E-state index in [1.807, 2.05) is 37.3 Å². The van der Waals surface area contributed by atoms with Crippen LogP contribution < -0.4 is 4.90 Å². The van der Waals surface area contributed by atoms with Crippen LogP contribution in [0.25, 0.3) is 0 Å². The smallest absolute Gasteiger partial charge is 0.434 e. The summed E-state index contributed by atoms with van der Waals surface area (Å²) in [6, 6.07) is 9.37. The zero-order valence-electron chi connectivity index (χ0n) is 11.3. The molecule has 0 atom stereocenters. The Morgan fingerprint density at radius 3 is 2.53 bits per heavy atom. The van der Waals surface area contributed by atoms with Gasteiger partial charge in [-0.25, -0.2) is 9.59 Å². The van der Waals surface area contributed by atoms with Crippen molar-refractivity contribution in [3.05, 3.63) is 30.3 Å². The highest BCUT2D eigenvalue weighted by molar-refractivity contribution is 5.85. The molecular weight excluding hydrogens is 246 g/mol. The number of carbonyl (C=O) groups excluding carboxylic acids is 2. The lowest BCUT2D eigenvalue weighted by molar-refractivity contribution is -0.138. The third-order valence-corrected chi connectivity index (χ3v) is 2.48. The highest BCUT2D eigenvalue weighted by Crippen LogP contribution is 2.10. The van der Waals surface area contributed by atoms with E-state index >= 15 is 0 Å². The Labute approximate surface area is 113 Å². The zero-order valence-corrected chi connectivity index (χ0v) is 11.3. The van der Waals surface area contributed by atoms with Crippen molar-refractivity contribution >= 4 is 17.8 Å². The van der Waals surface area contributed by atoms with Crippen molar-refractivity contribution in [1.29, 1.82) is 0 Å². The number of likely N-dealkylation sites (N-methyl/N-ethyl adjacent to an activating group) is 1. The van der Waals surface area contributed by atoms with Crippen LogP contribution in [0.15, 0.2) is 30.3 Å². The summed E-state index contributed by atoms with van der Waals surface area (Å²) in [6.45, 7) is 2.25. The van der Waals surface area contributed by atoms with Gasteiger partial charge in [-0.3, -0.25) is 0 Å². The molecule has 0 unspecified atom stereocenters. The third-order valence-electron chi connectivity index (χ3n) is 2.48. The van der Waals surface area contributed by atoms with Crippen molar-refractivity contribution in [3.63, 3.8) is 0 Å². The van der Waals surface area contributed by atoms with Gasteiger partial charge in [-0.2, -0.15) is 0 Å². The molecule has 1 rings (SSSR count). The maximum absolute atomic E-state index is 11.5. The summed E-state index contributed by atoms with van der Waals surface area (Å²) in [5.41, 5.74) is 0.874. The fraction of sp³-hybridized carbons (Fsp3) is 0.429. The van der Waals surface area contributed by atoms with Crippen molar-refractivity contribution in [1.82, 2.24) is 0 Å². The van der Waals surface area contributed by atoms with E-state index < -0.39 is 12.1 Å². The first kappa shape index (κ1) is 15.0. The van der Waals surface area contributed by atoms with Crippen LogP contribution in [-0.4, -0.2) is 32.3 Å². The summed E-state index contributed by atoms with van der Waals surface area (Å²) in [7, 11) is 1.75. The number of rotatable bonds is 6. The van der Waals surface area contributed by atoms with Crippen LogP contribution in [0.5, 0.6) is 0 Å². The van der Waals surface area contributed by atoms with Crippen LogP contribution in [0, 0.1) is 0 Å². The molecule has 19 heavy (non-hydrogen) atoms. The van der Waals surface area contributed by atoms with Gasteiger partial charge in [0.1, 0.15) is 6.54 Å². The summed E-state index contributed by atoms with van der Waals surface area (Å²) in [5.74, 6) is -0.632. The number of hydrogen-bond donors (Lipinski definition) is 0. The van der Waals surface area contributed by atoms with E-state index in [0.29, 0.717) is 0 Å². The second kappa shape index (κ2) is 8.13. The molecule has 0 aliphatic carbocycles. The standard InChI is InChI=1S/C14H19NO4/c1-3-4-10-18-14(17)19-13(16)11-15(2)12-8-6-5-7-9-12/h5-9H,3-4,10-11H2,1-2H3. The van der Waals surface area contributed by atoms with E-state index in [9.17, 15) is 9.59 Å². The Morgan fingerprint density at radius 1 is 1.21 bits per heavy atom. The van der Waals surface area contributed by atoms with Crippen molar-refractivity contribution in [2.24, 2.45) is 0 Å². The van der Waals surface area contributed by atoms with Crippen molar-refractivity contribution in [3.8, 4) is 0 Å². The lowest BCUT2D eigenvalue weighted by Gasteiger charge is -2.17. The van der Waals surface area contributed by atoms with E-state index in [0.717, 1.165) is 18.5 Å². The number of benzene rings is 1. The molecule has 0 amide bonds. The number of anilines is 1. The van der Waals surface area contributed by atoms with Crippen LogP contribution in [0.3, 0.4) is 0 Å². The molecule has 0 saturated carbocycles. The molecule has 1 aromatic rings. The van der Waals surface area contributed by atoms with Crippen LogP contribution in [-0.2, 0) is 14.3 Å². The topological polar surface area (TPSA) is 55.8 Å². The summed E-state index contributed by atoms with van der Waals surface area (Å²) >= 11 is 0. The molecule has 5 nitrogen and oxygen atoms in total. The van der Waals surface area contributed by atoms with Gasteiger partial charge in [0.2, 0.25) is 0 Å². The molecule has 0 aliphatic rings. The molecule has 1 aromatic carbocycles. The highest BCUT2D eigenvalue weighted by atomic mass is 16.7. The second-order valence-corrected chi connectivity index (χ2v) is 4.12. The first-order valence-electron chi connectivity index (χ1n) is 6.27. The normalized spacial score (nSPS) is 9.79. The first-order chi connectivity index (χ1) is 9.13. The minimum Gasteiger partial charge on any atom is -0.434 e. The molecule has 0 aliphatic heterocycles. The Kier molecular flexibility index (Phi) is 6.43.